The lowest BCUT2D eigenvalue weighted by Crippen LogP contribution is -2.30. The number of ether oxygens (including phenoxy) is 3. The first-order valence-electron chi connectivity index (χ1n) is 26.9. The van der Waals surface area contributed by atoms with Crippen LogP contribution >= 0.6 is 0 Å². The number of rotatable bonds is 49. The zero-order chi connectivity index (χ0) is 43.8. The van der Waals surface area contributed by atoms with Gasteiger partial charge in [0, 0.05) is 19.3 Å². The molecular weight excluding hydrogens is 745 g/mol. The highest BCUT2D eigenvalue weighted by Gasteiger charge is 2.19. The maximum atomic E-state index is 12.7. The summed E-state index contributed by atoms with van der Waals surface area (Å²) in [7, 11) is 0. The smallest absolute Gasteiger partial charge is 0.306 e. The van der Waals surface area contributed by atoms with Gasteiger partial charge in [-0.2, -0.15) is 0 Å². The molecule has 0 aliphatic heterocycles. The van der Waals surface area contributed by atoms with Crippen LogP contribution in [0.2, 0.25) is 0 Å². The SMILES string of the molecule is CCCCCCCCCCCCCCCCCCCCCC(=O)OC[C@H](COC(=O)CCCCCCCCCCCCCC(C)C)OC(=O)CCCCCCCCCCC. The predicted octanol–water partition coefficient (Wildman–Crippen LogP) is 17.5. The second-order valence-corrected chi connectivity index (χ2v) is 19.0. The lowest BCUT2D eigenvalue weighted by Gasteiger charge is -2.18. The van der Waals surface area contributed by atoms with Gasteiger partial charge in [0.15, 0.2) is 6.10 Å². The number of unbranched alkanes of at least 4 members (excludes halogenated alkanes) is 36. The Kier molecular flexibility index (Phi) is 47.2. The number of carbonyl (C=O) groups is 3. The fourth-order valence-electron chi connectivity index (χ4n) is 8.22. The first-order valence-corrected chi connectivity index (χ1v) is 26.9. The molecule has 0 aromatic heterocycles. The zero-order valence-electron chi connectivity index (χ0n) is 40.9. The third-order valence-electron chi connectivity index (χ3n) is 12.3. The Morgan fingerprint density at radius 2 is 0.550 bits per heavy atom. The molecule has 0 unspecified atom stereocenters. The average molecular weight is 849 g/mol. The van der Waals surface area contributed by atoms with Crippen LogP contribution < -0.4 is 0 Å². The Morgan fingerprint density at radius 1 is 0.317 bits per heavy atom. The van der Waals surface area contributed by atoms with Crippen molar-refractivity contribution in [2.75, 3.05) is 13.2 Å². The largest absolute Gasteiger partial charge is 0.462 e. The lowest BCUT2D eigenvalue weighted by molar-refractivity contribution is -0.167. The fourth-order valence-corrected chi connectivity index (χ4v) is 8.22. The van der Waals surface area contributed by atoms with Crippen molar-refractivity contribution in [1.82, 2.24) is 0 Å². The Hall–Kier alpha value is -1.59. The van der Waals surface area contributed by atoms with Crippen LogP contribution in [0.3, 0.4) is 0 Å². The van der Waals surface area contributed by atoms with Gasteiger partial charge >= 0.3 is 17.9 Å². The van der Waals surface area contributed by atoms with E-state index in [1.54, 1.807) is 0 Å². The summed E-state index contributed by atoms with van der Waals surface area (Å²) in [6.07, 6.45) is 51.0. The lowest BCUT2D eigenvalue weighted by atomic mass is 10.0. The van der Waals surface area contributed by atoms with E-state index in [0.717, 1.165) is 63.7 Å². The van der Waals surface area contributed by atoms with Gasteiger partial charge in [-0.15, -0.1) is 0 Å². The van der Waals surface area contributed by atoms with E-state index in [0.29, 0.717) is 19.3 Å². The predicted molar refractivity (Wildman–Crippen MR) is 257 cm³/mol. The van der Waals surface area contributed by atoms with Gasteiger partial charge < -0.3 is 14.2 Å². The summed E-state index contributed by atoms with van der Waals surface area (Å²) in [6, 6.07) is 0. The van der Waals surface area contributed by atoms with E-state index in [1.165, 1.54) is 199 Å². The van der Waals surface area contributed by atoms with E-state index in [-0.39, 0.29) is 31.1 Å². The van der Waals surface area contributed by atoms with Crippen molar-refractivity contribution in [3.63, 3.8) is 0 Å². The molecule has 0 aliphatic carbocycles. The molecule has 6 nitrogen and oxygen atoms in total. The van der Waals surface area contributed by atoms with Gasteiger partial charge in [0.2, 0.25) is 0 Å². The Balaban J connectivity index is 4.19. The third kappa shape index (κ3) is 47.5. The molecule has 60 heavy (non-hydrogen) atoms. The van der Waals surface area contributed by atoms with Crippen LogP contribution in [0.15, 0.2) is 0 Å². The highest BCUT2D eigenvalue weighted by molar-refractivity contribution is 5.71. The van der Waals surface area contributed by atoms with Crippen LogP contribution in [0, 0.1) is 5.92 Å². The summed E-state index contributed by atoms with van der Waals surface area (Å²) in [5, 5.41) is 0. The maximum absolute atomic E-state index is 12.7. The third-order valence-corrected chi connectivity index (χ3v) is 12.3. The molecule has 0 rings (SSSR count). The molecule has 0 amide bonds. The topological polar surface area (TPSA) is 78.9 Å². The molecule has 0 spiro atoms. The van der Waals surface area contributed by atoms with Crippen molar-refractivity contribution in [2.45, 2.75) is 310 Å². The Labute approximate surface area is 374 Å². The number of hydrogen-bond acceptors (Lipinski definition) is 6. The minimum atomic E-state index is -0.760. The monoisotopic (exact) mass is 849 g/mol. The van der Waals surface area contributed by atoms with Gasteiger partial charge in [-0.25, -0.2) is 0 Å². The quantitative estimate of drug-likeness (QED) is 0.0345. The summed E-state index contributed by atoms with van der Waals surface area (Å²) in [5.74, 6) is -0.0188. The van der Waals surface area contributed by atoms with Crippen molar-refractivity contribution in [3.8, 4) is 0 Å². The highest BCUT2D eigenvalue weighted by atomic mass is 16.6. The number of carbonyl (C=O) groups excluding carboxylic acids is 3. The van der Waals surface area contributed by atoms with Gasteiger partial charge in [-0.05, 0) is 25.2 Å². The van der Waals surface area contributed by atoms with E-state index >= 15 is 0 Å². The zero-order valence-corrected chi connectivity index (χ0v) is 40.9. The molecule has 0 aromatic carbocycles. The fraction of sp³-hybridized carbons (Fsp3) is 0.944. The second-order valence-electron chi connectivity index (χ2n) is 19.0. The van der Waals surface area contributed by atoms with E-state index < -0.39 is 6.10 Å². The van der Waals surface area contributed by atoms with Crippen molar-refractivity contribution in [1.29, 1.82) is 0 Å². The standard InChI is InChI=1S/C54H104O6/c1-5-7-9-11-13-15-16-17-18-19-20-21-22-23-26-30-33-37-41-45-52(55)58-48-51(60-54(57)47-43-39-35-28-14-12-10-8-6-2)49-59-53(56)46-42-38-34-31-27-24-25-29-32-36-40-44-50(3)4/h50-51H,5-49H2,1-4H3/t51-/m1/s1. The van der Waals surface area contributed by atoms with Crippen LogP contribution in [-0.2, 0) is 28.6 Å². The summed E-state index contributed by atoms with van der Waals surface area (Å²) < 4.78 is 16.8. The maximum Gasteiger partial charge on any atom is 0.306 e. The van der Waals surface area contributed by atoms with Crippen LogP contribution in [0.25, 0.3) is 0 Å². The molecule has 0 heterocycles. The molecule has 0 saturated heterocycles. The molecule has 6 heteroatoms. The van der Waals surface area contributed by atoms with Crippen LogP contribution in [0.4, 0.5) is 0 Å². The molecule has 0 aliphatic rings. The van der Waals surface area contributed by atoms with Gasteiger partial charge in [0.25, 0.3) is 0 Å². The van der Waals surface area contributed by atoms with E-state index in [2.05, 4.69) is 27.7 Å². The molecule has 0 fully saturated rings. The van der Waals surface area contributed by atoms with Gasteiger partial charge in [-0.1, -0.05) is 265 Å². The van der Waals surface area contributed by atoms with Crippen molar-refractivity contribution < 1.29 is 28.6 Å². The van der Waals surface area contributed by atoms with Gasteiger partial charge in [0.1, 0.15) is 13.2 Å². The Morgan fingerprint density at radius 3 is 0.817 bits per heavy atom. The minimum absolute atomic E-state index is 0.0628. The summed E-state index contributed by atoms with van der Waals surface area (Å²) in [4.78, 5) is 37.9. The number of esters is 3. The first-order chi connectivity index (χ1) is 29.4. The summed E-state index contributed by atoms with van der Waals surface area (Å²) >= 11 is 0. The average Bonchev–Trinajstić information content (AvgIpc) is 3.23. The van der Waals surface area contributed by atoms with Crippen LogP contribution in [0.1, 0.15) is 304 Å². The molecule has 1 atom stereocenters. The first kappa shape index (κ1) is 58.4. The molecule has 0 saturated carbocycles. The van der Waals surface area contributed by atoms with E-state index in [1.807, 2.05) is 0 Å². The molecule has 356 valence electrons. The molecular formula is C54H104O6. The van der Waals surface area contributed by atoms with Gasteiger partial charge in [-0.3, -0.25) is 14.4 Å². The van der Waals surface area contributed by atoms with Crippen LogP contribution in [0.5, 0.6) is 0 Å². The second kappa shape index (κ2) is 48.4. The minimum Gasteiger partial charge on any atom is -0.462 e. The molecule has 0 radical (unpaired) electrons. The summed E-state index contributed by atoms with van der Waals surface area (Å²) in [6.45, 7) is 9.01. The normalized spacial score (nSPS) is 11.9. The van der Waals surface area contributed by atoms with E-state index in [4.69, 9.17) is 14.2 Å². The summed E-state index contributed by atoms with van der Waals surface area (Å²) in [5.41, 5.74) is 0. The molecule has 0 bridgehead atoms. The highest BCUT2D eigenvalue weighted by Crippen LogP contribution is 2.17. The Bertz CT molecular complexity index is 903. The molecule has 0 aromatic rings. The molecule has 0 N–H and O–H groups in total. The van der Waals surface area contributed by atoms with Gasteiger partial charge in [0.05, 0.1) is 0 Å². The number of hydrogen-bond donors (Lipinski definition) is 0. The van der Waals surface area contributed by atoms with Crippen LogP contribution in [-0.4, -0.2) is 37.2 Å². The van der Waals surface area contributed by atoms with Crippen molar-refractivity contribution in [2.24, 2.45) is 5.92 Å². The van der Waals surface area contributed by atoms with Crippen molar-refractivity contribution in [3.05, 3.63) is 0 Å². The van der Waals surface area contributed by atoms with Crippen molar-refractivity contribution >= 4 is 17.9 Å². The van der Waals surface area contributed by atoms with E-state index in [9.17, 15) is 14.4 Å².